The molecule has 0 N–H and O–H groups in total. The van der Waals surface area contributed by atoms with Gasteiger partial charge in [0.2, 0.25) is 0 Å². The smallest absolute Gasteiger partial charge is 0.278 e. The Hall–Kier alpha value is -3.12. The maximum absolute atomic E-state index is 13.1. The molecule has 0 saturated carbocycles. The molecule has 6 heteroatoms. The number of benzene rings is 2. The van der Waals surface area contributed by atoms with Gasteiger partial charge in [-0.25, -0.2) is 4.68 Å². The molecule has 138 valence electrons. The molecule has 27 heavy (non-hydrogen) atoms. The summed E-state index contributed by atoms with van der Waals surface area (Å²) in [7, 11) is 1.55. The number of carbonyl (C=O) groups excluding carboxylic acids is 1. The third kappa shape index (κ3) is 3.57. The number of ether oxygens (including phenoxy) is 2. The van der Waals surface area contributed by atoms with Gasteiger partial charge in [0, 0.05) is 6.54 Å². The molecule has 4 rings (SSSR count). The van der Waals surface area contributed by atoms with E-state index < -0.39 is 0 Å². The zero-order chi connectivity index (χ0) is 18.6. The number of nitrogens with zero attached hydrogens (tertiary/aromatic N) is 3. The van der Waals surface area contributed by atoms with Gasteiger partial charge in [0.25, 0.3) is 5.91 Å². The number of hydrogen-bond acceptors (Lipinski definition) is 4. The van der Waals surface area contributed by atoms with Crippen LogP contribution in [0.1, 0.15) is 22.2 Å². The molecule has 2 aromatic carbocycles. The largest absolute Gasteiger partial charge is 0.493 e. The van der Waals surface area contributed by atoms with E-state index in [1.165, 1.54) is 0 Å². The molecule has 0 bridgehead atoms. The highest BCUT2D eigenvalue weighted by Crippen LogP contribution is 2.26. The van der Waals surface area contributed by atoms with Crippen molar-refractivity contribution in [1.82, 2.24) is 14.7 Å². The Bertz CT molecular complexity index is 909. The maximum Gasteiger partial charge on any atom is 0.278 e. The third-order valence-electron chi connectivity index (χ3n) is 4.65. The number of methoxy groups -OCH3 is 1. The van der Waals surface area contributed by atoms with Crippen molar-refractivity contribution in [2.45, 2.75) is 6.10 Å². The summed E-state index contributed by atoms with van der Waals surface area (Å²) in [6.07, 6.45) is 1.60. The third-order valence-corrected chi connectivity index (χ3v) is 4.65. The Labute approximate surface area is 157 Å². The summed E-state index contributed by atoms with van der Waals surface area (Å²) >= 11 is 0. The van der Waals surface area contributed by atoms with Crippen molar-refractivity contribution in [3.8, 4) is 11.4 Å². The first kappa shape index (κ1) is 17.3. The van der Waals surface area contributed by atoms with Crippen LogP contribution in [-0.2, 0) is 4.74 Å². The van der Waals surface area contributed by atoms with Crippen molar-refractivity contribution in [1.29, 1.82) is 0 Å². The normalized spacial score (nSPS) is 16.9. The van der Waals surface area contributed by atoms with Crippen molar-refractivity contribution in [3.05, 3.63) is 78.1 Å². The van der Waals surface area contributed by atoms with Crippen molar-refractivity contribution in [2.24, 2.45) is 0 Å². The SMILES string of the molecule is COc1cn(-c2ccccc2)nc1C(=O)N1CCOC(c2ccccc2)C1. The number of aromatic nitrogens is 2. The summed E-state index contributed by atoms with van der Waals surface area (Å²) in [5.41, 5.74) is 2.26. The lowest BCUT2D eigenvalue weighted by Crippen LogP contribution is -2.42. The highest BCUT2D eigenvalue weighted by atomic mass is 16.5. The Morgan fingerprint density at radius 2 is 1.81 bits per heavy atom. The van der Waals surface area contributed by atoms with Crippen LogP contribution in [0.15, 0.2) is 66.9 Å². The van der Waals surface area contributed by atoms with Gasteiger partial charge in [0.05, 0.1) is 32.1 Å². The van der Waals surface area contributed by atoms with Crippen LogP contribution in [0, 0.1) is 0 Å². The molecular weight excluding hydrogens is 342 g/mol. The van der Waals surface area contributed by atoms with Crippen molar-refractivity contribution in [3.63, 3.8) is 0 Å². The van der Waals surface area contributed by atoms with E-state index in [-0.39, 0.29) is 12.0 Å². The van der Waals surface area contributed by atoms with Gasteiger partial charge >= 0.3 is 0 Å². The highest BCUT2D eigenvalue weighted by Gasteiger charge is 2.29. The molecule has 1 aliphatic heterocycles. The first-order valence-corrected chi connectivity index (χ1v) is 8.91. The van der Waals surface area contributed by atoms with Crippen LogP contribution < -0.4 is 4.74 Å². The minimum Gasteiger partial charge on any atom is -0.493 e. The summed E-state index contributed by atoms with van der Waals surface area (Å²) in [5, 5.41) is 4.48. The molecule has 1 saturated heterocycles. The fourth-order valence-electron chi connectivity index (χ4n) is 3.22. The van der Waals surface area contributed by atoms with E-state index in [0.29, 0.717) is 31.1 Å². The topological polar surface area (TPSA) is 56.6 Å². The molecule has 1 amide bonds. The minimum absolute atomic E-state index is 0.133. The predicted octanol–water partition coefficient (Wildman–Crippen LogP) is 3.09. The van der Waals surface area contributed by atoms with Crippen LogP contribution in [0.25, 0.3) is 5.69 Å². The first-order chi connectivity index (χ1) is 13.3. The van der Waals surface area contributed by atoms with Gasteiger partial charge in [-0.1, -0.05) is 48.5 Å². The Morgan fingerprint density at radius 1 is 1.11 bits per heavy atom. The van der Waals surface area contributed by atoms with Crippen molar-refractivity contribution in [2.75, 3.05) is 26.8 Å². The van der Waals surface area contributed by atoms with Gasteiger partial charge < -0.3 is 14.4 Å². The molecular formula is C21H21N3O3. The van der Waals surface area contributed by atoms with Gasteiger partial charge in [-0.05, 0) is 17.7 Å². The predicted molar refractivity (Wildman–Crippen MR) is 101 cm³/mol. The van der Waals surface area contributed by atoms with Crippen LogP contribution in [0.4, 0.5) is 0 Å². The zero-order valence-corrected chi connectivity index (χ0v) is 15.1. The second-order valence-corrected chi connectivity index (χ2v) is 6.35. The Morgan fingerprint density at radius 3 is 2.52 bits per heavy atom. The lowest BCUT2D eigenvalue weighted by Gasteiger charge is -2.32. The van der Waals surface area contributed by atoms with Crippen LogP contribution >= 0.6 is 0 Å². The molecule has 0 radical (unpaired) electrons. The molecule has 6 nitrogen and oxygen atoms in total. The number of hydrogen-bond donors (Lipinski definition) is 0. The van der Waals surface area contributed by atoms with Crippen LogP contribution in [0.2, 0.25) is 0 Å². The van der Waals surface area contributed by atoms with Gasteiger partial charge in [0.1, 0.15) is 6.10 Å². The maximum atomic E-state index is 13.1. The summed E-state index contributed by atoms with van der Waals surface area (Å²) in [6, 6.07) is 19.6. The summed E-state index contributed by atoms with van der Waals surface area (Å²) in [4.78, 5) is 14.9. The van der Waals surface area contributed by atoms with E-state index in [1.54, 1.807) is 22.9 Å². The highest BCUT2D eigenvalue weighted by molar-refractivity contribution is 5.95. The number of amides is 1. The monoisotopic (exact) mass is 363 g/mol. The lowest BCUT2D eigenvalue weighted by atomic mass is 10.1. The molecule has 1 aliphatic rings. The molecule has 1 fully saturated rings. The van der Waals surface area contributed by atoms with Crippen LogP contribution in [-0.4, -0.2) is 47.4 Å². The van der Waals surface area contributed by atoms with E-state index in [9.17, 15) is 4.79 Å². The summed E-state index contributed by atoms with van der Waals surface area (Å²) in [5.74, 6) is 0.317. The van der Waals surface area contributed by atoms with E-state index in [0.717, 1.165) is 11.3 Å². The summed E-state index contributed by atoms with van der Waals surface area (Å²) < 4.78 is 12.9. The van der Waals surface area contributed by atoms with Crippen LogP contribution in [0.5, 0.6) is 5.75 Å². The van der Waals surface area contributed by atoms with Gasteiger partial charge in [-0.3, -0.25) is 4.79 Å². The van der Waals surface area contributed by atoms with E-state index in [1.807, 2.05) is 60.7 Å². The van der Waals surface area contributed by atoms with E-state index in [4.69, 9.17) is 9.47 Å². The molecule has 1 unspecified atom stereocenters. The lowest BCUT2D eigenvalue weighted by molar-refractivity contribution is -0.0231. The van der Waals surface area contributed by atoms with Crippen molar-refractivity contribution >= 4 is 5.91 Å². The average Bonchev–Trinajstić information content (AvgIpc) is 3.19. The summed E-state index contributed by atoms with van der Waals surface area (Å²) in [6.45, 7) is 1.51. The molecule has 1 atom stereocenters. The molecule has 2 heterocycles. The van der Waals surface area contributed by atoms with Gasteiger partial charge in [0.15, 0.2) is 11.4 Å². The minimum atomic E-state index is -0.147. The quantitative estimate of drug-likeness (QED) is 0.715. The van der Waals surface area contributed by atoms with Gasteiger partial charge in [-0.2, -0.15) is 5.10 Å². The number of morpholine rings is 1. The number of carbonyl (C=O) groups is 1. The van der Waals surface area contributed by atoms with Gasteiger partial charge in [-0.15, -0.1) is 0 Å². The molecule has 0 spiro atoms. The fourth-order valence-corrected chi connectivity index (χ4v) is 3.22. The van der Waals surface area contributed by atoms with Crippen molar-refractivity contribution < 1.29 is 14.3 Å². The molecule has 1 aromatic heterocycles. The Kier molecular flexibility index (Phi) is 4.89. The average molecular weight is 363 g/mol. The first-order valence-electron chi connectivity index (χ1n) is 8.91. The zero-order valence-electron chi connectivity index (χ0n) is 15.1. The van der Waals surface area contributed by atoms with Crippen LogP contribution in [0.3, 0.4) is 0 Å². The standard InChI is InChI=1S/C21H21N3O3/c1-26-19-15-24(17-10-6-3-7-11-17)22-20(19)21(25)23-12-13-27-18(14-23)16-8-4-2-5-9-16/h2-11,15,18H,12-14H2,1H3. The van der Waals surface area contributed by atoms with E-state index >= 15 is 0 Å². The Balaban J connectivity index is 1.58. The second-order valence-electron chi connectivity index (χ2n) is 6.35. The second kappa shape index (κ2) is 7.63. The number of para-hydroxylation sites is 1. The fraction of sp³-hybridized carbons (Fsp3) is 0.238. The number of rotatable bonds is 4. The molecule has 3 aromatic rings. The van der Waals surface area contributed by atoms with E-state index in [2.05, 4.69) is 5.10 Å². The molecule has 0 aliphatic carbocycles.